The number of nitrogens with zero attached hydrogens (tertiary/aromatic N) is 1. The maximum atomic E-state index is 12.1. The third kappa shape index (κ3) is 2.07. The van der Waals surface area contributed by atoms with Gasteiger partial charge in [-0.15, -0.1) is 0 Å². The number of hydrogen-bond acceptors (Lipinski definition) is 2. The molecule has 0 aromatic heterocycles. The van der Waals surface area contributed by atoms with E-state index in [9.17, 15) is 4.79 Å². The predicted molar refractivity (Wildman–Crippen MR) is 68.3 cm³/mol. The highest BCUT2D eigenvalue weighted by Gasteiger charge is 2.26. The van der Waals surface area contributed by atoms with Gasteiger partial charge in [0.15, 0.2) is 0 Å². The average molecular weight is 283 g/mol. The molecule has 1 saturated carbocycles. The Morgan fingerprint density at radius 1 is 1.50 bits per heavy atom. The molecule has 0 spiro atoms. The number of benzene rings is 1. The molecule has 0 heterocycles. The van der Waals surface area contributed by atoms with Gasteiger partial charge in [-0.2, -0.15) is 0 Å². The molecular formula is C12H15BrN2O. The van der Waals surface area contributed by atoms with Gasteiger partial charge in [-0.1, -0.05) is 0 Å². The summed E-state index contributed by atoms with van der Waals surface area (Å²) >= 11 is 3.34. The number of rotatable bonds is 2. The van der Waals surface area contributed by atoms with Crippen molar-refractivity contribution in [2.24, 2.45) is 0 Å². The second-order valence-corrected chi connectivity index (χ2v) is 5.09. The smallest absolute Gasteiger partial charge is 0.253 e. The van der Waals surface area contributed by atoms with E-state index in [4.69, 9.17) is 5.73 Å². The van der Waals surface area contributed by atoms with Gasteiger partial charge in [0.2, 0.25) is 0 Å². The van der Waals surface area contributed by atoms with Crippen molar-refractivity contribution < 1.29 is 4.79 Å². The molecular weight excluding hydrogens is 268 g/mol. The monoisotopic (exact) mass is 282 g/mol. The molecule has 1 aromatic carbocycles. The Hall–Kier alpha value is -1.03. The van der Waals surface area contributed by atoms with Crippen LogP contribution in [0.25, 0.3) is 0 Å². The number of carbonyl (C=O) groups excluding carboxylic acids is 1. The van der Waals surface area contributed by atoms with Gasteiger partial charge in [-0.25, -0.2) is 0 Å². The molecule has 1 aromatic rings. The summed E-state index contributed by atoms with van der Waals surface area (Å²) < 4.78 is 0.778. The summed E-state index contributed by atoms with van der Waals surface area (Å²) in [6, 6.07) is 5.74. The Morgan fingerprint density at radius 2 is 2.19 bits per heavy atom. The van der Waals surface area contributed by atoms with Crippen LogP contribution in [0.15, 0.2) is 22.7 Å². The van der Waals surface area contributed by atoms with E-state index in [2.05, 4.69) is 15.9 Å². The van der Waals surface area contributed by atoms with Crippen LogP contribution in [0.3, 0.4) is 0 Å². The fourth-order valence-electron chi connectivity index (χ4n) is 1.80. The molecule has 2 N–H and O–H groups in total. The maximum Gasteiger partial charge on any atom is 0.253 e. The van der Waals surface area contributed by atoms with Crippen LogP contribution in [-0.4, -0.2) is 23.9 Å². The zero-order valence-electron chi connectivity index (χ0n) is 9.24. The van der Waals surface area contributed by atoms with Gasteiger partial charge in [0, 0.05) is 28.8 Å². The highest BCUT2D eigenvalue weighted by atomic mass is 79.9. The van der Waals surface area contributed by atoms with Crippen molar-refractivity contribution in [1.29, 1.82) is 0 Å². The summed E-state index contributed by atoms with van der Waals surface area (Å²) in [5, 5.41) is 0. The minimum absolute atomic E-state index is 0.0744. The molecule has 0 atom stereocenters. The molecule has 1 amide bonds. The molecule has 16 heavy (non-hydrogen) atoms. The van der Waals surface area contributed by atoms with Gasteiger partial charge in [-0.05, 0) is 53.4 Å². The van der Waals surface area contributed by atoms with Crippen molar-refractivity contribution in [1.82, 2.24) is 4.90 Å². The topological polar surface area (TPSA) is 46.3 Å². The lowest BCUT2D eigenvalue weighted by atomic mass is 9.91. The standard InChI is InChI=1S/C12H15BrN2O/c1-15(9-3-2-4-9)12(16)8-5-6-11(14)10(13)7-8/h5-7,9H,2-4,14H2,1H3. The van der Waals surface area contributed by atoms with Crippen molar-refractivity contribution in [2.45, 2.75) is 25.3 Å². The van der Waals surface area contributed by atoms with Gasteiger partial charge in [0.25, 0.3) is 5.91 Å². The van der Waals surface area contributed by atoms with E-state index in [-0.39, 0.29) is 5.91 Å². The summed E-state index contributed by atoms with van der Waals surface area (Å²) in [6.07, 6.45) is 3.48. The molecule has 0 unspecified atom stereocenters. The number of carbonyl (C=O) groups is 1. The minimum Gasteiger partial charge on any atom is -0.398 e. The highest BCUT2D eigenvalue weighted by Crippen LogP contribution is 2.26. The van der Waals surface area contributed by atoms with E-state index in [0.717, 1.165) is 17.3 Å². The van der Waals surface area contributed by atoms with Crippen LogP contribution in [-0.2, 0) is 0 Å². The Balaban J connectivity index is 2.16. The lowest BCUT2D eigenvalue weighted by Crippen LogP contribution is -2.41. The molecule has 0 bridgehead atoms. The summed E-state index contributed by atoms with van der Waals surface area (Å²) in [5.41, 5.74) is 7.04. The van der Waals surface area contributed by atoms with E-state index in [1.807, 2.05) is 11.9 Å². The normalized spacial score (nSPS) is 15.6. The fourth-order valence-corrected chi connectivity index (χ4v) is 2.18. The quantitative estimate of drug-likeness (QED) is 0.848. The SMILES string of the molecule is CN(C(=O)c1ccc(N)c(Br)c1)C1CCC1. The number of amides is 1. The van der Waals surface area contributed by atoms with Crippen LogP contribution in [0.5, 0.6) is 0 Å². The summed E-state index contributed by atoms with van der Waals surface area (Å²) in [7, 11) is 1.87. The van der Waals surface area contributed by atoms with Crippen LogP contribution >= 0.6 is 15.9 Å². The van der Waals surface area contributed by atoms with E-state index < -0.39 is 0 Å². The van der Waals surface area contributed by atoms with Crippen molar-refractivity contribution in [2.75, 3.05) is 12.8 Å². The van der Waals surface area contributed by atoms with E-state index in [0.29, 0.717) is 17.3 Å². The molecule has 1 aliphatic carbocycles. The largest absolute Gasteiger partial charge is 0.398 e. The molecule has 0 radical (unpaired) electrons. The molecule has 4 heteroatoms. The van der Waals surface area contributed by atoms with E-state index in [1.54, 1.807) is 18.2 Å². The number of hydrogen-bond donors (Lipinski definition) is 1. The first-order chi connectivity index (χ1) is 7.59. The van der Waals surface area contributed by atoms with Crippen molar-refractivity contribution in [3.63, 3.8) is 0 Å². The van der Waals surface area contributed by atoms with E-state index >= 15 is 0 Å². The molecule has 0 saturated heterocycles. The number of nitrogens with two attached hydrogens (primary N) is 1. The molecule has 0 aliphatic heterocycles. The van der Waals surface area contributed by atoms with Gasteiger partial charge in [0.1, 0.15) is 0 Å². The Labute approximate surface area is 104 Å². The Bertz CT molecular complexity index is 415. The van der Waals surface area contributed by atoms with Crippen molar-refractivity contribution in [3.8, 4) is 0 Å². The maximum absolute atomic E-state index is 12.1. The van der Waals surface area contributed by atoms with Gasteiger partial charge in [-0.3, -0.25) is 4.79 Å². The molecule has 1 fully saturated rings. The van der Waals surface area contributed by atoms with Gasteiger partial charge < -0.3 is 10.6 Å². The van der Waals surface area contributed by atoms with Crippen molar-refractivity contribution in [3.05, 3.63) is 28.2 Å². The first-order valence-corrected chi connectivity index (χ1v) is 6.21. The molecule has 86 valence electrons. The third-order valence-electron chi connectivity index (χ3n) is 3.19. The number of halogens is 1. The van der Waals surface area contributed by atoms with Crippen LogP contribution in [0.4, 0.5) is 5.69 Å². The molecule has 1 aliphatic rings. The summed E-state index contributed by atoms with van der Waals surface area (Å²) in [5.74, 6) is 0.0744. The molecule has 2 rings (SSSR count). The number of nitrogen functional groups attached to an aromatic ring is 1. The van der Waals surface area contributed by atoms with E-state index in [1.165, 1.54) is 6.42 Å². The van der Waals surface area contributed by atoms with Gasteiger partial charge in [0.05, 0.1) is 0 Å². The Morgan fingerprint density at radius 3 is 2.69 bits per heavy atom. The second kappa shape index (κ2) is 4.45. The minimum atomic E-state index is 0.0744. The third-order valence-corrected chi connectivity index (χ3v) is 3.88. The van der Waals surface area contributed by atoms with Crippen LogP contribution in [0, 0.1) is 0 Å². The van der Waals surface area contributed by atoms with Crippen molar-refractivity contribution >= 4 is 27.5 Å². The number of anilines is 1. The van der Waals surface area contributed by atoms with Crippen LogP contribution < -0.4 is 5.73 Å². The molecule has 3 nitrogen and oxygen atoms in total. The lowest BCUT2D eigenvalue weighted by Gasteiger charge is -2.34. The summed E-state index contributed by atoms with van der Waals surface area (Å²) in [4.78, 5) is 13.9. The highest BCUT2D eigenvalue weighted by molar-refractivity contribution is 9.10. The lowest BCUT2D eigenvalue weighted by molar-refractivity contribution is 0.0652. The zero-order chi connectivity index (χ0) is 11.7. The predicted octanol–water partition coefficient (Wildman–Crippen LogP) is 2.66. The Kier molecular flexibility index (Phi) is 3.19. The average Bonchev–Trinajstić information content (AvgIpc) is 2.18. The summed E-state index contributed by atoms with van der Waals surface area (Å²) in [6.45, 7) is 0. The first kappa shape index (κ1) is 11.5. The van der Waals surface area contributed by atoms with Gasteiger partial charge >= 0.3 is 0 Å². The van der Waals surface area contributed by atoms with Crippen LogP contribution in [0.1, 0.15) is 29.6 Å². The second-order valence-electron chi connectivity index (χ2n) is 4.24. The zero-order valence-corrected chi connectivity index (χ0v) is 10.8. The van der Waals surface area contributed by atoms with Crippen LogP contribution in [0.2, 0.25) is 0 Å². The fraction of sp³-hybridized carbons (Fsp3) is 0.417. The first-order valence-electron chi connectivity index (χ1n) is 5.42.